The van der Waals surface area contributed by atoms with Gasteiger partial charge in [0, 0.05) is 12.3 Å². The van der Waals surface area contributed by atoms with Crippen molar-refractivity contribution in [2.24, 2.45) is 11.5 Å². The van der Waals surface area contributed by atoms with E-state index in [1.165, 1.54) is 25.5 Å². The molecule has 0 atom stereocenters. The second-order valence-electron chi connectivity index (χ2n) is 3.44. The molecule has 0 radical (unpaired) electrons. The molecule has 1 aromatic rings. The molecule has 0 aromatic carbocycles. The fourth-order valence-electron chi connectivity index (χ4n) is 1.26. The Hall–Kier alpha value is -2.50. The van der Waals surface area contributed by atoms with Gasteiger partial charge in [0.1, 0.15) is 5.82 Å². The Balaban J connectivity index is 2.59. The molecule has 6 nitrogen and oxygen atoms in total. The molecular formula is C12H16N4O2. The van der Waals surface area contributed by atoms with Crippen molar-refractivity contribution in [3.63, 3.8) is 0 Å². The van der Waals surface area contributed by atoms with Gasteiger partial charge in [-0.2, -0.15) is 0 Å². The Morgan fingerprint density at radius 1 is 1.61 bits per heavy atom. The van der Waals surface area contributed by atoms with Crippen molar-refractivity contribution in [1.82, 2.24) is 10.3 Å². The largest absolute Gasteiger partial charge is 0.481 e. The van der Waals surface area contributed by atoms with Gasteiger partial charge in [0.25, 0.3) is 0 Å². The summed E-state index contributed by atoms with van der Waals surface area (Å²) in [5.41, 5.74) is 11.5. The monoisotopic (exact) mass is 248 g/mol. The van der Waals surface area contributed by atoms with E-state index < -0.39 is 0 Å². The number of nitrogens with zero attached hydrogens (tertiary/aromatic N) is 1. The maximum atomic E-state index is 11.6. The van der Waals surface area contributed by atoms with Gasteiger partial charge < -0.3 is 21.5 Å². The standard InChI is InChI=1S/C12H16N4O2/c1-18-12-8-9(4-6-15-12)7-11(17)16-10(14)3-2-5-13/h2-6,8H,7,13-14H2,1H3,(H,16,17)/b5-2-,10-3+. The van der Waals surface area contributed by atoms with Crippen LogP contribution in [0, 0.1) is 0 Å². The molecule has 0 saturated carbocycles. The fourth-order valence-corrected chi connectivity index (χ4v) is 1.26. The summed E-state index contributed by atoms with van der Waals surface area (Å²) in [7, 11) is 1.52. The molecule has 0 aliphatic rings. The Bertz CT molecular complexity index is 469. The van der Waals surface area contributed by atoms with Crippen molar-refractivity contribution in [3.8, 4) is 5.88 Å². The number of carbonyl (C=O) groups excluding carboxylic acids is 1. The zero-order valence-corrected chi connectivity index (χ0v) is 10.1. The predicted octanol–water partition coefficient (Wildman–Crippen LogP) is 0.0214. The minimum absolute atomic E-state index is 0.194. The summed E-state index contributed by atoms with van der Waals surface area (Å²) in [6.45, 7) is 0. The van der Waals surface area contributed by atoms with Crippen LogP contribution in [0.5, 0.6) is 5.88 Å². The number of methoxy groups -OCH3 is 1. The highest BCUT2D eigenvalue weighted by Crippen LogP contribution is 2.08. The normalized spacial score (nSPS) is 11.5. The molecule has 1 aromatic heterocycles. The number of ether oxygens (including phenoxy) is 1. The molecule has 0 unspecified atom stereocenters. The Morgan fingerprint density at radius 2 is 2.39 bits per heavy atom. The SMILES string of the molecule is COc1cc(CC(=O)N/C(N)=C/C=C\N)ccn1. The van der Waals surface area contributed by atoms with E-state index in [0.717, 1.165) is 5.56 Å². The Morgan fingerprint density at radius 3 is 3.06 bits per heavy atom. The van der Waals surface area contributed by atoms with Crippen LogP contribution in [-0.2, 0) is 11.2 Å². The van der Waals surface area contributed by atoms with Crippen LogP contribution in [0.15, 0.2) is 42.5 Å². The van der Waals surface area contributed by atoms with E-state index in [4.69, 9.17) is 16.2 Å². The van der Waals surface area contributed by atoms with Crippen molar-refractivity contribution in [3.05, 3.63) is 48.1 Å². The maximum absolute atomic E-state index is 11.6. The van der Waals surface area contributed by atoms with Gasteiger partial charge in [0.15, 0.2) is 0 Å². The molecular weight excluding hydrogens is 232 g/mol. The van der Waals surface area contributed by atoms with E-state index >= 15 is 0 Å². The van der Waals surface area contributed by atoms with E-state index in [-0.39, 0.29) is 18.1 Å². The third kappa shape index (κ3) is 4.56. The summed E-state index contributed by atoms with van der Waals surface area (Å²) in [6.07, 6.45) is 6.14. The first-order valence-electron chi connectivity index (χ1n) is 5.28. The van der Waals surface area contributed by atoms with Gasteiger partial charge in [0.2, 0.25) is 11.8 Å². The summed E-state index contributed by atoms with van der Waals surface area (Å²) >= 11 is 0. The van der Waals surface area contributed by atoms with Crippen LogP contribution in [0.4, 0.5) is 0 Å². The number of aromatic nitrogens is 1. The number of hydrogen-bond donors (Lipinski definition) is 3. The second-order valence-corrected chi connectivity index (χ2v) is 3.44. The third-order valence-corrected chi connectivity index (χ3v) is 2.04. The van der Waals surface area contributed by atoms with Crippen LogP contribution >= 0.6 is 0 Å². The van der Waals surface area contributed by atoms with Crippen LogP contribution in [0.3, 0.4) is 0 Å². The third-order valence-electron chi connectivity index (χ3n) is 2.04. The molecule has 0 saturated heterocycles. The van der Waals surface area contributed by atoms with E-state index in [1.54, 1.807) is 18.3 Å². The van der Waals surface area contributed by atoms with E-state index in [0.29, 0.717) is 5.88 Å². The number of amides is 1. The lowest BCUT2D eigenvalue weighted by molar-refractivity contribution is -0.119. The molecule has 0 aliphatic carbocycles. The number of nitrogens with two attached hydrogens (primary N) is 2. The summed E-state index contributed by atoms with van der Waals surface area (Å²) < 4.78 is 4.97. The first-order chi connectivity index (χ1) is 8.65. The average Bonchev–Trinajstić information content (AvgIpc) is 2.36. The molecule has 5 N–H and O–H groups in total. The minimum Gasteiger partial charge on any atom is -0.481 e. The molecule has 1 heterocycles. The number of rotatable bonds is 5. The molecule has 0 aliphatic heterocycles. The van der Waals surface area contributed by atoms with Gasteiger partial charge in [-0.15, -0.1) is 0 Å². The number of allylic oxidation sites excluding steroid dienone is 2. The summed E-state index contributed by atoms with van der Waals surface area (Å²) in [5, 5.41) is 2.53. The zero-order valence-electron chi connectivity index (χ0n) is 10.1. The summed E-state index contributed by atoms with van der Waals surface area (Å²) in [6, 6.07) is 3.43. The van der Waals surface area contributed by atoms with Crippen molar-refractivity contribution < 1.29 is 9.53 Å². The van der Waals surface area contributed by atoms with E-state index in [1.807, 2.05) is 0 Å². The first-order valence-corrected chi connectivity index (χ1v) is 5.28. The molecule has 1 rings (SSSR count). The van der Waals surface area contributed by atoms with Crippen molar-refractivity contribution in [2.45, 2.75) is 6.42 Å². The summed E-state index contributed by atoms with van der Waals surface area (Å²) in [4.78, 5) is 15.6. The fraction of sp³-hybridized carbons (Fsp3) is 0.167. The maximum Gasteiger partial charge on any atom is 0.229 e. The lowest BCUT2D eigenvalue weighted by atomic mass is 10.2. The number of carbonyl (C=O) groups is 1. The van der Waals surface area contributed by atoms with E-state index in [2.05, 4.69) is 10.3 Å². The molecule has 96 valence electrons. The second kappa shape index (κ2) is 6.95. The highest BCUT2D eigenvalue weighted by Gasteiger charge is 2.05. The van der Waals surface area contributed by atoms with Crippen LogP contribution in [0.1, 0.15) is 5.56 Å². The zero-order chi connectivity index (χ0) is 13.4. The smallest absolute Gasteiger partial charge is 0.229 e. The van der Waals surface area contributed by atoms with Crippen molar-refractivity contribution in [1.29, 1.82) is 0 Å². The van der Waals surface area contributed by atoms with Gasteiger partial charge in [-0.25, -0.2) is 4.98 Å². The van der Waals surface area contributed by atoms with Crippen molar-refractivity contribution in [2.75, 3.05) is 7.11 Å². The lowest BCUT2D eigenvalue weighted by Gasteiger charge is -2.05. The van der Waals surface area contributed by atoms with Crippen LogP contribution in [0.2, 0.25) is 0 Å². The van der Waals surface area contributed by atoms with Gasteiger partial charge in [0.05, 0.1) is 13.5 Å². The molecule has 0 spiro atoms. The molecule has 0 bridgehead atoms. The lowest BCUT2D eigenvalue weighted by Crippen LogP contribution is -2.28. The number of nitrogens with one attached hydrogen (secondary N) is 1. The number of pyridine rings is 1. The summed E-state index contributed by atoms with van der Waals surface area (Å²) in [5.74, 6) is 0.486. The highest BCUT2D eigenvalue weighted by molar-refractivity contribution is 5.80. The van der Waals surface area contributed by atoms with Crippen LogP contribution in [-0.4, -0.2) is 18.0 Å². The minimum atomic E-state index is -0.220. The van der Waals surface area contributed by atoms with Gasteiger partial charge in [-0.05, 0) is 30.0 Å². The van der Waals surface area contributed by atoms with Gasteiger partial charge >= 0.3 is 0 Å². The Kier molecular flexibility index (Phi) is 5.24. The van der Waals surface area contributed by atoms with Gasteiger partial charge in [-0.1, -0.05) is 0 Å². The molecule has 6 heteroatoms. The predicted molar refractivity (Wildman–Crippen MR) is 68.2 cm³/mol. The topological polar surface area (TPSA) is 103 Å². The highest BCUT2D eigenvalue weighted by atomic mass is 16.5. The first kappa shape index (κ1) is 13.6. The van der Waals surface area contributed by atoms with Crippen LogP contribution < -0.4 is 21.5 Å². The van der Waals surface area contributed by atoms with E-state index in [9.17, 15) is 4.79 Å². The quantitative estimate of drug-likeness (QED) is 0.637. The molecule has 1 amide bonds. The molecule has 18 heavy (non-hydrogen) atoms. The average molecular weight is 248 g/mol. The molecule has 0 fully saturated rings. The van der Waals surface area contributed by atoms with Gasteiger partial charge in [-0.3, -0.25) is 4.79 Å². The Labute approximate surface area is 105 Å². The van der Waals surface area contributed by atoms with Crippen LogP contribution in [0.25, 0.3) is 0 Å². The van der Waals surface area contributed by atoms with Crippen molar-refractivity contribution >= 4 is 5.91 Å². The number of hydrogen-bond acceptors (Lipinski definition) is 5.